The van der Waals surface area contributed by atoms with E-state index in [0.717, 1.165) is 18.2 Å². The smallest absolute Gasteiger partial charge is 0.0547 e. The maximum Gasteiger partial charge on any atom is 0.0547 e. The highest BCUT2D eigenvalue weighted by molar-refractivity contribution is 5.10. The Hall–Kier alpha value is -0.930. The van der Waals surface area contributed by atoms with Crippen LogP contribution in [-0.4, -0.2) is 36.1 Å². The molecule has 0 aromatic carbocycles. The molecule has 0 saturated carbocycles. The lowest BCUT2D eigenvalue weighted by Crippen LogP contribution is -2.46. The number of hydrogen-bond donors (Lipinski definition) is 1. The summed E-state index contributed by atoms with van der Waals surface area (Å²) >= 11 is 0. The van der Waals surface area contributed by atoms with Gasteiger partial charge >= 0.3 is 0 Å². The topological polar surface area (TPSA) is 28.2 Å². The van der Waals surface area contributed by atoms with Crippen LogP contribution in [0.5, 0.6) is 0 Å². The van der Waals surface area contributed by atoms with E-state index in [1.165, 1.54) is 25.2 Å². The first kappa shape index (κ1) is 12.5. The van der Waals surface area contributed by atoms with Crippen molar-refractivity contribution in [2.24, 2.45) is 5.92 Å². The summed E-state index contributed by atoms with van der Waals surface area (Å²) in [7, 11) is 2.07. The molecule has 3 heteroatoms. The minimum Gasteiger partial charge on any atom is -0.317 e. The third kappa shape index (κ3) is 3.27. The normalized spacial score (nSPS) is 26.1. The monoisotopic (exact) mass is 233 g/mol. The van der Waals surface area contributed by atoms with Gasteiger partial charge in [0.05, 0.1) is 5.69 Å². The second kappa shape index (κ2) is 5.61. The van der Waals surface area contributed by atoms with E-state index in [1.54, 1.807) is 0 Å². The van der Waals surface area contributed by atoms with Gasteiger partial charge in [0, 0.05) is 31.4 Å². The summed E-state index contributed by atoms with van der Waals surface area (Å²) in [6.07, 6.45) is 1.24. The maximum absolute atomic E-state index is 4.57. The molecule has 0 aliphatic carbocycles. The number of aryl methyl sites for hydroxylation is 1. The average Bonchev–Trinajstić information content (AvgIpc) is 2.29. The minimum atomic E-state index is 0.678. The first-order valence-electron chi connectivity index (χ1n) is 6.51. The van der Waals surface area contributed by atoms with Gasteiger partial charge in [0.1, 0.15) is 0 Å². The van der Waals surface area contributed by atoms with Crippen molar-refractivity contribution in [1.82, 2.24) is 15.2 Å². The zero-order valence-electron chi connectivity index (χ0n) is 11.1. The number of nitrogens with zero attached hydrogens (tertiary/aromatic N) is 2. The van der Waals surface area contributed by atoms with E-state index in [0.29, 0.717) is 6.04 Å². The molecule has 1 fully saturated rings. The van der Waals surface area contributed by atoms with E-state index in [1.807, 2.05) is 0 Å². The Morgan fingerprint density at radius 1 is 1.47 bits per heavy atom. The van der Waals surface area contributed by atoms with Crippen LogP contribution in [0.25, 0.3) is 0 Å². The fourth-order valence-electron chi connectivity index (χ4n) is 2.72. The lowest BCUT2D eigenvalue weighted by molar-refractivity contribution is 0.143. The van der Waals surface area contributed by atoms with Gasteiger partial charge in [-0.15, -0.1) is 0 Å². The highest BCUT2D eigenvalue weighted by atomic mass is 15.2. The number of rotatable bonds is 3. The first-order valence-corrected chi connectivity index (χ1v) is 6.51. The Labute approximate surface area is 104 Å². The van der Waals surface area contributed by atoms with E-state index in [9.17, 15) is 0 Å². The molecule has 1 aliphatic rings. The van der Waals surface area contributed by atoms with Crippen molar-refractivity contribution in [3.63, 3.8) is 0 Å². The first-order chi connectivity index (χ1) is 8.19. The van der Waals surface area contributed by atoms with Crippen LogP contribution in [0.3, 0.4) is 0 Å². The van der Waals surface area contributed by atoms with E-state index < -0.39 is 0 Å². The van der Waals surface area contributed by atoms with Gasteiger partial charge < -0.3 is 5.32 Å². The molecule has 2 unspecified atom stereocenters. The summed E-state index contributed by atoms with van der Waals surface area (Å²) in [6, 6.07) is 6.96. The number of piperidine rings is 1. The quantitative estimate of drug-likeness (QED) is 0.863. The van der Waals surface area contributed by atoms with E-state index in [4.69, 9.17) is 0 Å². The fraction of sp³-hybridized carbons (Fsp3) is 0.643. The Bertz CT molecular complexity index is 364. The number of hydrogen-bond acceptors (Lipinski definition) is 3. The largest absolute Gasteiger partial charge is 0.317 e. The van der Waals surface area contributed by atoms with Crippen LogP contribution in [-0.2, 0) is 6.54 Å². The molecule has 0 amide bonds. The molecule has 0 radical (unpaired) electrons. The maximum atomic E-state index is 4.57. The molecule has 1 aliphatic heterocycles. The minimum absolute atomic E-state index is 0.678. The van der Waals surface area contributed by atoms with Crippen LogP contribution < -0.4 is 5.32 Å². The molecule has 0 spiro atoms. The van der Waals surface area contributed by atoms with Crippen molar-refractivity contribution in [3.8, 4) is 0 Å². The molecule has 2 rings (SSSR count). The van der Waals surface area contributed by atoms with Gasteiger partial charge in [-0.3, -0.25) is 9.88 Å². The number of nitrogens with one attached hydrogen (secondary N) is 1. The molecule has 3 nitrogen and oxygen atoms in total. The predicted molar refractivity (Wildman–Crippen MR) is 70.9 cm³/mol. The summed E-state index contributed by atoms with van der Waals surface area (Å²) < 4.78 is 0. The Morgan fingerprint density at radius 2 is 2.29 bits per heavy atom. The van der Waals surface area contributed by atoms with Crippen molar-refractivity contribution in [3.05, 3.63) is 29.6 Å². The third-order valence-corrected chi connectivity index (χ3v) is 3.69. The van der Waals surface area contributed by atoms with Crippen LogP contribution in [0.4, 0.5) is 0 Å². The average molecular weight is 233 g/mol. The second-order valence-electron chi connectivity index (χ2n) is 5.17. The molecule has 1 N–H and O–H groups in total. The zero-order chi connectivity index (χ0) is 12.3. The molecule has 2 heterocycles. The fourth-order valence-corrected chi connectivity index (χ4v) is 2.72. The molecule has 94 valence electrons. The molecule has 0 bridgehead atoms. The van der Waals surface area contributed by atoms with Crippen molar-refractivity contribution < 1.29 is 0 Å². The van der Waals surface area contributed by atoms with Crippen LogP contribution in [0, 0.1) is 12.8 Å². The second-order valence-corrected chi connectivity index (χ2v) is 5.17. The van der Waals surface area contributed by atoms with Crippen molar-refractivity contribution in [2.45, 2.75) is 32.9 Å². The summed E-state index contributed by atoms with van der Waals surface area (Å²) in [5.74, 6) is 0.721. The summed E-state index contributed by atoms with van der Waals surface area (Å²) in [4.78, 5) is 7.09. The number of aromatic nitrogens is 1. The molecule has 1 saturated heterocycles. The van der Waals surface area contributed by atoms with Gasteiger partial charge in [0.25, 0.3) is 0 Å². The number of pyridine rings is 1. The summed E-state index contributed by atoms with van der Waals surface area (Å²) in [5, 5.41) is 3.40. The molecule has 2 atom stereocenters. The Kier molecular flexibility index (Phi) is 4.13. The zero-order valence-corrected chi connectivity index (χ0v) is 11.1. The van der Waals surface area contributed by atoms with Gasteiger partial charge in [-0.1, -0.05) is 13.0 Å². The van der Waals surface area contributed by atoms with Gasteiger partial charge in [-0.05, 0) is 38.4 Å². The third-order valence-electron chi connectivity index (χ3n) is 3.69. The number of likely N-dealkylation sites (tertiary alicyclic amines) is 1. The molecular formula is C14H23N3. The lowest BCUT2D eigenvalue weighted by atomic mass is 9.94. The van der Waals surface area contributed by atoms with Crippen LogP contribution >= 0.6 is 0 Å². The summed E-state index contributed by atoms with van der Waals surface area (Å²) in [6.45, 7) is 7.71. The van der Waals surface area contributed by atoms with Gasteiger partial charge in [0.15, 0.2) is 0 Å². The standard InChI is InChI=1S/C14H23N3/c1-11-9-17(8-7-14(11)15-3)10-13-6-4-5-12(2)16-13/h4-6,11,14-15H,7-10H2,1-3H3. The van der Waals surface area contributed by atoms with Gasteiger partial charge in [-0.25, -0.2) is 0 Å². The molecular weight excluding hydrogens is 210 g/mol. The molecule has 1 aromatic heterocycles. The highest BCUT2D eigenvalue weighted by Crippen LogP contribution is 2.18. The van der Waals surface area contributed by atoms with Crippen LogP contribution in [0.15, 0.2) is 18.2 Å². The highest BCUT2D eigenvalue weighted by Gasteiger charge is 2.24. The SMILES string of the molecule is CNC1CCN(Cc2cccc(C)n2)CC1C. The Morgan fingerprint density at radius 3 is 2.94 bits per heavy atom. The van der Waals surface area contributed by atoms with Crippen LogP contribution in [0.1, 0.15) is 24.7 Å². The summed E-state index contributed by atoms with van der Waals surface area (Å²) in [5.41, 5.74) is 2.31. The van der Waals surface area contributed by atoms with E-state index >= 15 is 0 Å². The molecule has 17 heavy (non-hydrogen) atoms. The Balaban J connectivity index is 1.93. The van der Waals surface area contributed by atoms with Gasteiger partial charge in [-0.2, -0.15) is 0 Å². The van der Waals surface area contributed by atoms with E-state index in [2.05, 4.69) is 54.3 Å². The van der Waals surface area contributed by atoms with Gasteiger partial charge in [0.2, 0.25) is 0 Å². The molecule has 1 aromatic rings. The van der Waals surface area contributed by atoms with Crippen molar-refractivity contribution >= 4 is 0 Å². The van der Waals surface area contributed by atoms with Crippen molar-refractivity contribution in [2.75, 3.05) is 20.1 Å². The van der Waals surface area contributed by atoms with Crippen molar-refractivity contribution in [1.29, 1.82) is 0 Å². The lowest BCUT2D eigenvalue weighted by Gasteiger charge is -2.36. The van der Waals surface area contributed by atoms with Crippen LogP contribution in [0.2, 0.25) is 0 Å². The predicted octanol–water partition coefficient (Wildman–Crippen LogP) is 1.82. The van der Waals surface area contributed by atoms with E-state index in [-0.39, 0.29) is 0 Å².